The molecule has 2 rings (SSSR count). The Hall–Kier alpha value is -2.24. The average molecular weight is 346 g/mol. The van der Waals surface area contributed by atoms with E-state index in [-0.39, 0.29) is 11.9 Å². The molecule has 1 fully saturated rings. The van der Waals surface area contributed by atoms with Gasteiger partial charge < -0.3 is 20.4 Å². The second kappa shape index (κ2) is 8.74. The van der Waals surface area contributed by atoms with Crippen LogP contribution in [0.2, 0.25) is 0 Å². The van der Waals surface area contributed by atoms with Crippen LogP contribution in [0.25, 0.3) is 0 Å². The maximum Gasteiger partial charge on any atom is 0.321 e. The van der Waals surface area contributed by atoms with Crippen LogP contribution in [0.3, 0.4) is 0 Å². The first-order valence-corrected chi connectivity index (χ1v) is 9.00. The zero-order valence-electron chi connectivity index (χ0n) is 15.7. The lowest BCUT2D eigenvalue weighted by atomic mass is 9.93. The van der Waals surface area contributed by atoms with E-state index in [4.69, 9.17) is 0 Å². The van der Waals surface area contributed by atoms with Gasteiger partial charge in [-0.2, -0.15) is 0 Å². The van der Waals surface area contributed by atoms with Gasteiger partial charge in [0.15, 0.2) is 0 Å². The summed E-state index contributed by atoms with van der Waals surface area (Å²) in [5.74, 6) is 0.445. The van der Waals surface area contributed by atoms with Gasteiger partial charge in [0.25, 0.3) is 0 Å². The van der Waals surface area contributed by atoms with E-state index in [0.717, 1.165) is 24.2 Å². The van der Waals surface area contributed by atoms with Gasteiger partial charge >= 0.3 is 6.03 Å². The number of amides is 3. The molecule has 6 nitrogen and oxygen atoms in total. The summed E-state index contributed by atoms with van der Waals surface area (Å²) >= 11 is 0. The van der Waals surface area contributed by atoms with Crippen LogP contribution in [0.4, 0.5) is 16.2 Å². The maximum atomic E-state index is 12.5. The van der Waals surface area contributed by atoms with Crippen LogP contribution < -0.4 is 15.5 Å². The van der Waals surface area contributed by atoms with Crippen LogP contribution in [0.5, 0.6) is 0 Å². The van der Waals surface area contributed by atoms with Gasteiger partial charge in [0, 0.05) is 51.0 Å². The minimum absolute atomic E-state index is 0.0669. The Bertz CT molecular complexity index is 595. The summed E-state index contributed by atoms with van der Waals surface area (Å²) in [5, 5.41) is 5.66. The molecule has 0 aromatic heterocycles. The number of piperidine rings is 1. The first-order chi connectivity index (χ1) is 11.9. The Morgan fingerprint density at radius 1 is 1.28 bits per heavy atom. The van der Waals surface area contributed by atoms with Crippen molar-refractivity contribution in [2.75, 3.05) is 37.4 Å². The van der Waals surface area contributed by atoms with Crippen molar-refractivity contribution >= 4 is 23.3 Å². The third-order valence-electron chi connectivity index (χ3n) is 4.93. The zero-order valence-corrected chi connectivity index (χ0v) is 15.7. The third-order valence-corrected chi connectivity index (χ3v) is 4.93. The van der Waals surface area contributed by atoms with Crippen molar-refractivity contribution in [2.45, 2.75) is 39.2 Å². The molecule has 6 heteroatoms. The molecule has 1 aromatic carbocycles. The van der Waals surface area contributed by atoms with Crippen molar-refractivity contribution in [3.8, 4) is 0 Å². The van der Waals surface area contributed by atoms with E-state index in [1.807, 2.05) is 36.2 Å². The Labute approximate surface area is 150 Å². The predicted molar refractivity (Wildman–Crippen MR) is 102 cm³/mol. The summed E-state index contributed by atoms with van der Waals surface area (Å²) in [6, 6.07) is 8.23. The number of nitrogens with zero attached hydrogens (tertiary/aromatic N) is 2. The van der Waals surface area contributed by atoms with Gasteiger partial charge in [0.05, 0.1) is 0 Å². The largest absolute Gasteiger partial charge is 0.372 e. The number of carbonyl (C=O) groups is 2. The second-order valence-electron chi connectivity index (χ2n) is 6.99. The number of carbonyl (C=O) groups excluding carboxylic acids is 2. The molecule has 0 atom stereocenters. The number of hydrogen-bond donors (Lipinski definition) is 2. The fraction of sp³-hybridized carbons (Fsp3) is 0.579. The molecular formula is C19H30N4O2. The van der Waals surface area contributed by atoms with Crippen LogP contribution >= 0.6 is 0 Å². The van der Waals surface area contributed by atoms with Crippen molar-refractivity contribution in [1.82, 2.24) is 10.2 Å². The van der Waals surface area contributed by atoms with Crippen molar-refractivity contribution < 1.29 is 9.59 Å². The minimum atomic E-state index is -0.0669. The standard InChI is InChI=1S/C19H30N4O2/c1-14(2)22(4)17-7-5-6-16(13-17)21-19(25)23-10-8-15(9-11-23)12-18(24)20-3/h5-7,13-15H,8-12H2,1-4H3,(H,20,24)(H,21,25). The van der Waals surface area contributed by atoms with Crippen molar-refractivity contribution in [3.05, 3.63) is 24.3 Å². The van der Waals surface area contributed by atoms with Gasteiger partial charge in [-0.05, 0) is 50.8 Å². The van der Waals surface area contributed by atoms with Crippen LogP contribution in [-0.2, 0) is 4.79 Å². The molecule has 2 N–H and O–H groups in total. The van der Waals surface area contributed by atoms with Gasteiger partial charge in [-0.15, -0.1) is 0 Å². The van der Waals surface area contributed by atoms with E-state index in [1.54, 1.807) is 7.05 Å². The lowest BCUT2D eigenvalue weighted by Gasteiger charge is -2.32. The van der Waals surface area contributed by atoms with Crippen LogP contribution in [0.15, 0.2) is 24.3 Å². The molecule has 1 saturated heterocycles. The fourth-order valence-corrected chi connectivity index (χ4v) is 3.01. The number of benzene rings is 1. The lowest BCUT2D eigenvalue weighted by Crippen LogP contribution is -2.41. The Morgan fingerprint density at radius 2 is 1.96 bits per heavy atom. The molecule has 1 aliphatic rings. The molecule has 25 heavy (non-hydrogen) atoms. The molecule has 0 unspecified atom stereocenters. The molecule has 1 aliphatic heterocycles. The van der Waals surface area contributed by atoms with E-state index in [1.165, 1.54) is 0 Å². The number of hydrogen-bond acceptors (Lipinski definition) is 3. The molecule has 0 spiro atoms. The first-order valence-electron chi connectivity index (χ1n) is 9.00. The summed E-state index contributed by atoms with van der Waals surface area (Å²) in [4.78, 5) is 28.0. The molecule has 3 amide bonds. The summed E-state index contributed by atoms with van der Waals surface area (Å²) in [6.07, 6.45) is 2.30. The topological polar surface area (TPSA) is 64.7 Å². The number of anilines is 2. The third kappa shape index (κ3) is 5.37. The highest BCUT2D eigenvalue weighted by Crippen LogP contribution is 2.23. The Balaban J connectivity index is 1.89. The monoisotopic (exact) mass is 346 g/mol. The molecule has 138 valence electrons. The molecule has 0 radical (unpaired) electrons. The van der Waals surface area contributed by atoms with Gasteiger partial charge in [-0.3, -0.25) is 4.79 Å². The molecular weight excluding hydrogens is 316 g/mol. The van der Waals surface area contributed by atoms with Gasteiger partial charge in [0.1, 0.15) is 0 Å². The molecule has 1 heterocycles. The number of likely N-dealkylation sites (tertiary alicyclic amines) is 1. The quantitative estimate of drug-likeness (QED) is 0.861. The van der Waals surface area contributed by atoms with Crippen molar-refractivity contribution in [3.63, 3.8) is 0 Å². The second-order valence-corrected chi connectivity index (χ2v) is 6.99. The van der Waals surface area contributed by atoms with Gasteiger partial charge in [-0.1, -0.05) is 6.07 Å². The number of nitrogens with one attached hydrogen (secondary N) is 2. The molecule has 0 saturated carbocycles. The Morgan fingerprint density at radius 3 is 2.56 bits per heavy atom. The number of urea groups is 1. The van der Waals surface area contributed by atoms with E-state index < -0.39 is 0 Å². The van der Waals surface area contributed by atoms with E-state index in [9.17, 15) is 9.59 Å². The SMILES string of the molecule is CNC(=O)CC1CCN(C(=O)Nc2cccc(N(C)C(C)C)c2)CC1. The summed E-state index contributed by atoms with van der Waals surface area (Å²) in [5.41, 5.74) is 1.89. The van der Waals surface area contributed by atoms with E-state index >= 15 is 0 Å². The van der Waals surface area contributed by atoms with Gasteiger partial charge in [0.2, 0.25) is 5.91 Å². The van der Waals surface area contributed by atoms with Crippen LogP contribution in [0, 0.1) is 5.92 Å². The zero-order chi connectivity index (χ0) is 18.4. The summed E-state index contributed by atoms with van der Waals surface area (Å²) in [7, 11) is 3.71. The highest BCUT2D eigenvalue weighted by Gasteiger charge is 2.24. The smallest absolute Gasteiger partial charge is 0.321 e. The van der Waals surface area contributed by atoms with Crippen LogP contribution in [0.1, 0.15) is 33.1 Å². The lowest BCUT2D eigenvalue weighted by molar-refractivity contribution is -0.121. The maximum absolute atomic E-state index is 12.5. The predicted octanol–water partition coefficient (Wildman–Crippen LogP) is 2.91. The average Bonchev–Trinajstić information content (AvgIpc) is 2.61. The van der Waals surface area contributed by atoms with Crippen LogP contribution in [-0.4, -0.2) is 50.1 Å². The summed E-state index contributed by atoms with van der Waals surface area (Å²) in [6.45, 7) is 5.65. The highest BCUT2D eigenvalue weighted by atomic mass is 16.2. The fourth-order valence-electron chi connectivity index (χ4n) is 3.01. The van der Waals surface area contributed by atoms with Gasteiger partial charge in [-0.25, -0.2) is 4.79 Å². The summed E-state index contributed by atoms with van der Waals surface area (Å²) < 4.78 is 0. The number of rotatable bonds is 5. The normalized spacial score (nSPS) is 15.2. The van der Waals surface area contributed by atoms with E-state index in [2.05, 4.69) is 29.4 Å². The Kier molecular flexibility index (Phi) is 6.67. The highest BCUT2D eigenvalue weighted by molar-refractivity contribution is 5.90. The van der Waals surface area contributed by atoms with E-state index in [0.29, 0.717) is 31.5 Å². The molecule has 0 aliphatic carbocycles. The van der Waals surface area contributed by atoms with Crippen molar-refractivity contribution in [1.29, 1.82) is 0 Å². The van der Waals surface area contributed by atoms with Crippen molar-refractivity contribution in [2.24, 2.45) is 5.92 Å². The molecule has 1 aromatic rings. The first kappa shape index (κ1) is 19.1. The molecule has 0 bridgehead atoms. The minimum Gasteiger partial charge on any atom is -0.372 e.